The first-order valence-corrected chi connectivity index (χ1v) is 13.4. The van der Waals surface area contributed by atoms with Gasteiger partial charge in [-0.25, -0.2) is 19.0 Å². The number of nitrogens with one attached hydrogen (secondary N) is 1. The molecule has 0 radical (unpaired) electrons. The molecule has 2 atom stereocenters. The predicted octanol–water partition coefficient (Wildman–Crippen LogP) is 5.24. The maximum Gasteiger partial charge on any atom is 0.410 e. The van der Waals surface area contributed by atoms with E-state index < -0.39 is 5.60 Å². The first-order valence-electron chi connectivity index (χ1n) is 13.4. The number of carbonyl (C=O) groups excluding carboxylic acids is 1. The highest BCUT2D eigenvalue weighted by atomic mass is 19.1. The number of likely N-dealkylation sites (tertiary alicyclic amines) is 1. The molecule has 4 aliphatic rings. The van der Waals surface area contributed by atoms with E-state index in [2.05, 4.69) is 15.1 Å². The highest BCUT2D eigenvalue weighted by Crippen LogP contribution is 2.50. The molecule has 3 saturated heterocycles. The second-order valence-electron chi connectivity index (χ2n) is 12.2. The summed E-state index contributed by atoms with van der Waals surface area (Å²) in [7, 11) is 1.56. The maximum absolute atomic E-state index is 15.4. The van der Waals surface area contributed by atoms with Crippen molar-refractivity contribution in [3.8, 4) is 16.9 Å². The van der Waals surface area contributed by atoms with Crippen LogP contribution in [-0.2, 0) is 11.2 Å². The number of rotatable bonds is 3. The van der Waals surface area contributed by atoms with Crippen molar-refractivity contribution in [2.45, 2.75) is 64.1 Å². The topological polar surface area (TPSA) is 71.3 Å². The molecule has 200 valence electrons. The van der Waals surface area contributed by atoms with Crippen molar-refractivity contribution in [3.63, 3.8) is 0 Å². The van der Waals surface area contributed by atoms with Crippen LogP contribution in [0.25, 0.3) is 16.0 Å². The van der Waals surface area contributed by atoms with Gasteiger partial charge in [0.25, 0.3) is 0 Å². The summed E-state index contributed by atoms with van der Waals surface area (Å²) in [4.78, 5) is 25.6. The van der Waals surface area contributed by atoms with E-state index in [1.54, 1.807) is 24.1 Å². The standard InChI is InChI=1S/C29H34FN5O3/c1-28(2,3)38-27(36)35-15-29(16-35)10-11-34(14-29)26-25(31-4)23(19-13-18(37-5)7-8-21(19)30)20-12-17-6-9-22(32-17)24(20)33-26/h7-8,13,17,22,32H,6,9-12,14-16H2,1-3,5H3. The maximum atomic E-state index is 15.4. The van der Waals surface area contributed by atoms with E-state index in [0.717, 1.165) is 43.5 Å². The number of amides is 1. The molecule has 1 N–H and O–H groups in total. The minimum Gasteiger partial charge on any atom is -0.497 e. The van der Waals surface area contributed by atoms with Crippen molar-refractivity contribution in [2.24, 2.45) is 5.41 Å². The Kier molecular flexibility index (Phi) is 5.80. The highest BCUT2D eigenvalue weighted by molar-refractivity contribution is 5.90. The molecule has 2 unspecified atom stereocenters. The lowest BCUT2D eigenvalue weighted by Gasteiger charge is -2.47. The summed E-state index contributed by atoms with van der Waals surface area (Å²) in [5.41, 5.74) is 2.78. The normalized spacial score (nSPS) is 23.2. The Bertz CT molecular complexity index is 1340. The molecule has 1 spiro atoms. The molecule has 9 heteroatoms. The minimum atomic E-state index is -0.530. The Balaban J connectivity index is 1.37. The van der Waals surface area contributed by atoms with Gasteiger partial charge in [0.05, 0.1) is 25.4 Å². The average molecular weight is 520 g/mol. The molecule has 6 rings (SSSR count). The fraction of sp³-hybridized carbons (Fsp3) is 0.552. The third-order valence-electron chi connectivity index (χ3n) is 8.30. The number of methoxy groups -OCH3 is 1. The van der Waals surface area contributed by atoms with Gasteiger partial charge >= 0.3 is 6.09 Å². The lowest BCUT2D eigenvalue weighted by molar-refractivity contribution is -0.0266. The van der Waals surface area contributed by atoms with Crippen LogP contribution in [0.3, 0.4) is 0 Å². The number of nitrogens with zero attached hydrogens (tertiary/aromatic N) is 4. The number of ether oxygens (including phenoxy) is 2. The molecule has 1 aromatic carbocycles. The Hall–Kier alpha value is -3.38. The fourth-order valence-electron chi connectivity index (χ4n) is 6.59. The van der Waals surface area contributed by atoms with Crippen molar-refractivity contribution >= 4 is 17.6 Å². The predicted molar refractivity (Wildman–Crippen MR) is 142 cm³/mol. The number of carbonyl (C=O) groups is 1. The van der Waals surface area contributed by atoms with E-state index >= 15 is 4.39 Å². The molecule has 0 saturated carbocycles. The monoisotopic (exact) mass is 519 g/mol. The molecule has 1 amide bonds. The quantitative estimate of drug-likeness (QED) is 0.559. The van der Waals surface area contributed by atoms with Gasteiger partial charge in [0, 0.05) is 43.2 Å². The smallest absolute Gasteiger partial charge is 0.410 e. The first kappa shape index (κ1) is 24.9. The van der Waals surface area contributed by atoms with Gasteiger partial charge in [0.15, 0.2) is 0 Å². The van der Waals surface area contributed by atoms with Crippen LogP contribution in [0.4, 0.5) is 20.7 Å². The Labute approximate surface area is 222 Å². The molecule has 38 heavy (non-hydrogen) atoms. The summed E-state index contributed by atoms with van der Waals surface area (Å²) < 4.78 is 26.3. The number of hydrogen-bond acceptors (Lipinski definition) is 6. The number of fused-ring (bicyclic) bond motifs is 4. The molecule has 2 bridgehead atoms. The molecular weight excluding hydrogens is 485 g/mol. The van der Waals surface area contributed by atoms with Gasteiger partial charge in [-0.1, -0.05) is 0 Å². The third kappa shape index (κ3) is 4.15. The summed E-state index contributed by atoms with van der Waals surface area (Å²) in [5.74, 6) is 0.805. The van der Waals surface area contributed by atoms with E-state index in [9.17, 15) is 4.79 Å². The lowest BCUT2D eigenvalue weighted by Crippen LogP contribution is -2.60. The van der Waals surface area contributed by atoms with Gasteiger partial charge in [0.2, 0.25) is 5.69 Å². The van der Waals surface area contributed by atoms with Crippen LogP contribution in [0.5, 0.6) is 5.75 Å². The summed E-state index contributed by atoms with van der Waals surface area (Å²) in [6, 6.07) is 5.14. The summed E-state index contributed by atoms with van der Waals surface area (Å²) in [6.45, 7) is 16.5. The SMILES string of the molecule is [C-]#[N+]c1c(N2CCC3(CN(C(=O)OC(C)(C)C)C3)C2)nc2c(c1-c1cc(OC)ccc1F)CC1CCC2N1. The van der Waals surface area contributed by atoms with Gasteiger partial charge in [-0.05, 0) is 75.8 Å². The molecule has 8 nitrogen and oxygen atoms in total. The van der Waals surface area contributed by atoms with Gasteiger partial charge in [-0.3, -0.25) is 0 Å². The molecule has 2 aromatic rings. The highest BCUT2D eigenvalue weighted by Gasteiger charge is 2.51. The van der Waals surface area contributed by atoms with Crippen LogP contribution < -0.4 is 15.0 Å². The van der Waals surface area contributed by atoms with Crippen molar-refractivity contribution in [1.29, 1.82) is 0 Å². The average Bonchev–Trinajstić information content (AvgIpc) is 3.47. The van der Waals surface area contributed by atoms with Crippen molar-refractivity contribution in [3.05, 3.63) is 46.7 Å². The van der Waals surface area contributed by atoms with Crippen LogP contribution in [0.15, 0.2) is 18.2 Å². The van der Waals surface area contributed by atoms with Gasteiger partial charge in [-0.2, -0.15) is 0 Å². The Morgan fingerprint density at radius 1 is 1.26 bits per heavy atom. The molecule has 3 fully saturated rings. The molecule has 4 aliphatic heterocycles. The van der Waals surface area contributed by atoms with Crippen molar-refractivity contribution < 1.29 is 18.7 Å². The number of anilines is 1. The van der Waals surface area contributed by atoms with Crippen molar-refractivity contribution in [2.75, 3.05) is 38.2 Å². The zero-order valence-electron chi connectivity index (χ0n) is 22.4. The van der Waals surface area contributed by atoms with Gasteiger partial charge in [0.1, 0.15) is 23.0 Å². The van der Waals surface area contributed by atoms with Crippen LogP contribution in [0.1, 0.15) is 57.3 Å². The zero-order chi connectivity index (χ0) is 26.8. The second kappa shape index (κ2) is 8.84. The molecule has 5 heterocycles. The van der Waals surface area contributed by atoms with E-state index in [4.69, 9.17) is 21.0 Å². The van der Waals surface area contributed by atoms with Crippen LogP contribution >= 0.6 is 0 Å². The van der Waals surface area contributed by atoms with E-state index in [1.165, 1.54) is 6.07 Å². The Morgan fingerprint density at radius 2 is 2.05 bits per heavy atom. The molecule has 1 aromatic heterocycles. The number of halogens is 1. The summed E-state index contributed by atoms with van der Waals surface area (Å²) in [6.07, 6.45) is 3.36. The van der Waals surface area contributed by atoms with Gasteiger partial charge in [-0.15, -0.1) is 0 Å². The van der Waals surface area contributed by atoms with E-state index in [-0.39, 0.29) is 23.4 Å². The second-order valence-corrected chi connectivity index (χ2v) is 12.2. The zero-order valence-corrected chi connectivity index (χ0v) is 22.4. The van der Waals surface area contributed by atoms with E-state index in [1.807, 2.05) is 20.8 Å². The summed E-state index contributed by atoms with van der Waals surface area (Å²) >= 11 is 0. The van der Waals surface area contributed by atoms with Crippen LogP contribution in [-0.4, -0.2) is 60.9 Å². The van der Waals surface area contributed by atoms with Crippen LogP contribution in [0, 0.1) is 17.8 Å². The summed E-state index contributed by atoms with van der Waals surface area (Å²) in [5, 5.41) is 3.66. The number of benzene rings is 1. The molecular formula is C29H34FN5O3. The Morgan fingerprint density at radius 3 is 2.76 bits per heavy atom. The largest absolute Gasteiger partial charge is 0.497 e. The molecule has 0 aliphatic carbocycles. The van der Waals surface area contributed by atoms with Crippen LogP contribution in [0.2, 0.25) is 0 Å². The fourth-order valence-corrected chi connectivity index (χ4v) is 6.59. The van der Waals surface area contributed by atoms with Gasteiger partial charge < -0.3 is 24.6 Å². The number of pyridine rings is 1. The number of aromatic nitrogens is 1. The minimum absolute atomic E-state index is 0.0497. The van der Waals surface area contributed by atoms with E-state index in [0.29, 0.717) is 54.1 Å². The number of hydrogen-bond donors (Lipinski definition) is 1. The van der Waals surface area contributed by atoms with Crippen molar-refractivity contribution in [1.82, 2.24) is 15.2 Å². The first-order chi connectivity index (χ1) is 18.1. The lowest BCUT2D eigenvalue weighted by atomic mass is 9.79. The third-order valence-corrected chi connectivity index (χ3v) is 8.30.